The number of hydrogen-bond acceptors (Lipinski definition) is 4. The topological polar surface area (TPSA) is 64.4 Å². The Balaban J connectivity index is 1.29. The number of oxazole rings is 1. The molecule has 0 saturated carbocycles. The van der Waals surface area contributed by atoms with Crippen molar-refractivity contribution in [3.8, 4) is 17.2 Å². The minimum atomic E-state index is -0.451. The number of amides is 1. The Bertz CT molecular complexity index is 890. The molecule has 3 aromatic rings. The van der Waals surface area contributed by atoms with Crippen LogP contribution in [0, 0.1) is 6.92 Å². The van der Waals surface area contributed by atoms with E-state index in [0.29, 0.717) is 25.3 Å². The summed E-state index contributed by atoms with van der Waals surface area (Å²) in [5.41, 5.74) is 4.03. The summed E-state index contributed by atoms with van der Waals surface area (Å²) in [6, 6.07) is 15.8. The molecule has 5 nitrogen and oxygen atoms in total. The summed E-state index contributed by atoms with van der Waals surface area (Å²) in [5.74, 6) is 1.30. The van der Waals surface area contributed by atoms with Crippen molar-refractivity contribution in [2.24, 2.45) is 0 Å². The first-order valence-electron chi connectivity index (χ1n) is 8.73. The van der Waals surface area contributed by atoms with Crippen molar-refractivity contribution in [1.29, 1.82) is 0 Å². The molecule has 1 N–H and O–H groups in total. The number of benzene rings is 2. The van der Waals surface area contributed by atoms with Crippen LogP contribution < -0.4 is 10.1 Å². The molecule has 1 aliphatic rings. The molecule has 0 saturated heterocycles. The zero-order valence-corrected chi connectivity index (χ0v) is 14.6. The van der Waals surface area contributed by atoms with E-state index in [1.54, 1.807) is 6.26 Å². The standard InChI is InChI=1S/C21H20N2O3/c1-14-6-8-15(9-7-14)21-23-17(13-25-21)10-11-22-20(24)19-12-16-4-2-3-5-18(16)26-19/h2-9,13,19H,10-12H2,1H3,(H,22,24)/t19-/m1/s1. The van der Waals surface area contributed by atoms with Gasteiger partial charge in [0.25, 0.3) is 5.91 Å². The number of nitrogens with zero attached hydrogens (tertiary/aromatic N) is 1. The van der Waals surface area contributed by atoms with Crippen LogP contribution in [0.3, 0.4) is 0 Å². The number of hydrogen-bond donors (Lipinski definition) is 1. The van der Waals surface area contributed by atoms with E-state index in [1.165, 1.54) is 5.56 Å². The number of rotatable bonds is 5. The molecule has 1 aliphatic heterocycles. The summed E-state index contributed by atoms with van der Waals surface area (Å²) < 4.78 is 11.2. The van der Waals surface area contributed by atoms with E-state index in [4.69, 9.17) is 9.15 Å². The van der Waals surface area contributed by atoms with Crippen molar-refractivity contribution in [3.05, 3.63) is 71.6 Å². The third-order valence-corrected chi connectivity index (χ3v) is 4.47. The van der Waals surface area contributed by atoms with Crippen molar-refractivity contribution in [3.63, 3.8) is 0 Å². The molecular weight excluding hydrogens is 328 g/mol. The second-order valence-corrected chi connectivity index (χ2v) is 6.47. The molecule has 1 amide bonds. The Kier molecular flexibility index (Phi) is 4.44. The number of ether oxygens (including phenoxy) is 1. The molecule has 1 aromatic heterocycles. The Labute approximate surface area is 152 Å². The zero-order chi connectivity index (χ0) is 17.9. The number of nitrogens with one attached hydrogen (secondary N) is 1. The van der Waals surface area contributed by atoms with Crippen LogP contribution >= 0.6 is 0 Å². The fraction of sp³-hybridized carbons (Fsp3) is 0.238. The van der Waals surface area contributed by atoms with Crippen molar-refractivity contribution in [2.75, 3.05) is 6.54 Å². The average molecular weight is 348 g/mol. The molecule has 26 heavy (non-hydrogen) atoms. The minimum absolute atomic E-state index is 0.0940. The lowest BCUT2D eigenvalue weighted by Gasteiger charge is -2.10. The van der Waals surface area contributed by atoms with Gasteiger partial charge in [-0.05, 0) is 30.7 Å². The summed E-state index contributed by atoms with van der Waals surface area (Å²) in [5, 5.41) is 2.92. The second-order valence-electron chi connectivity index (χ2n) is 6.47. The molecule has 0 radical (unpaired) electrons. The fourth-order valence-electron chi connectivity index (χ4n) is 3.01. The van der Waals surface area contributed by atoms with Gasteiger partial charge in [0, 0.05) is 24.9 Å². The number of aromatic nitrogens is 1. The minimum Gasteiger partial charge on any atom is -0.480 e. The lowest BCUT2D eigenvalue weighted by Crippen LogP contribution is -2.38. The van der Waals surface area contributed by atoms with E-state index in [1.807, 2.05) is 55.5 Å². The van der Waals surface area contributed by atoms with Crippen LogP contribution in [0.25, 0.3) is 11.5 Å². The molecule has 0 fully saturated rings. The first kappa shape index (κ1) is 16.4. The molecule has 2 aromatic carbocycles. The summed E-state index contributed by atoms with van der Waals surface area (Å²) in [6.07, 6.45) is 2.42. The maximum atomic E-state index is 12.3. The average Bonchev–Trinajstić information content (AvgIpc) is 3.29. The molecule has 0 bridgehead atoms. The van der Waals surface area contributed by atoms with Gasteiger partial charge in [-0.2, -0.15) is 0 Å². The number of carbonyl (C=O) groups excluding carboxylic acids is 1. The van der Waals surface area contributed by atoms with E-state index in [0.717, 1.165) is 22.6 Å². The van der Waals surface area contributed by atoms with E-state index < -0.39 is 6.10 Å². The predicted molar refractivity (Wildman–Crippen MR) is 98.0 cm³/mol. The van der Waals surface area contributed by atoms with E-state index in [-0.39, 0.29) is 5.91 Å². The van der Waals surface area contributed by atoms with E-state index in [9.17, 15) is 4.79 Å². The molecule has 2 heterocycles. The van der Waals surface area contributed by atoms with Crippen molar-refractivity contribution in [2.45, 2.75) is 25.9 Å². The SMILES string of the molecule is Cc1ccc(-c2nc(CCNC(=O)[C@H]3Cc4ccccc4O3)co2)cc1. The normalized spacial score (nSPS) is 15.3. The highest BCUT2D eigenvalue weighted by atomic mass is 16.5. The maximum Gasteiger partial charge on any atom is 0.261 e. The molecular formula is C21H20N2O3. The van der Waals surface area contributed by atoms with Crippen LogP contribution in [-0.4, -0.2) is 23.5 Å². The second kappa shape index (κ2) is 7.04. The summed E-state index contributed by atoms with van der Waals surface area (Å²) >= 11 is 0. The summed E-state index contributed by atoms with van der Waals surface area (Å²) in [4.78, 5) is 16.8. The number of carbonyl (C=O) groups is 1. The summed E-state index contributed by atoms with van der Waals surface area (Å²) in [7, 11) is 0. The van der Waals surface area contributed by atoms with Gasteiger partial charge < -0.3 is 14.5 Å². The number of para-hydroxylation sites is 1. The van der Waals surface area contributed by atoms with Gasteiger partial charge in [0.2, 0.25) is 5.89 Å². The highest BCUT2D eigenvalue weighted by Crippen LogP contribution is 2.28. The number of aryl methyl sites for hydroxylation is 1. The predicted octanol–water partition coefficient (Wildman–Crippen LogP) is 3.31. The molecule has 0 aliphatic carbocycles. The molecule has 4 rings (SSSR count). The summed E-state index contributed by atoms with van der Waals surface area (Å²) in [6.45, 7) is 2.54. The lowest BCUT2D eigenvalue weighted by atomic mass is 10.1. The molecule has 1 atom stereocenters. The van der Waals surface area contributed by atoms with Crippen molar-refractivity contribution < 1.29 is 13.9 Å². The Morgan fingerprint density at radius 2 is 2.00 bits per heavy atom. The van der Waals surface area contributed by atoms with Crippen LogP contribution in [0.2, 0.25) is 0 Å². The Morgan fingerprint density at radius 3 is 2.81 bits per heavy atom. The Hall–Kier alpha value is -3.08. The van der Waals surface area contributed by atoms with Gasteiger partial charge in [0.15, 0.2) is 6.10 Å². The van der Waals surface area contributed by atoms with Gasteiger partial charge in [-0.25, -0.2) is 4.98 Å². The van der Waals surface area contributed by atoms with E-state index in [2.05, 4.69) is 10.3 Å². The zero-order valence-electron chi connectivity index (χ0n) is 14.6. The first-order valence-corrected chi connectivity index (χ1v) is 8.73. The molecule has 5 heteroatoms. The highest BCUT2D eigenvalue weighted by molar-refractivity contribution is 5.82. The monoisotopic (exact) mass is 348 g/mol. The van der Waals surface area contributed by atoms with Crippen LogP contribution in [-0.2, 0) is 17.6 Å². The third kappa shape index (κ3) is 3.47. The van der Waals surface area contributed by atoms with Gasteiger partial charge in [-0.15, -0.1) is 0 Å². The van der Waals surface area contributed by atoms with Crippen molar-refractivity contribution >= 4 is 5.91 Å². The van der Waals surface area contributed by atoms with Gasteiger partial charge >= 0.3 is 0 Å². The first-order chi connectivity index (χ1) is 12.7. The van der Waals surface area contributed by atoms with Gasteiger partial charge in [-0.1, -0.05) is 35.9 Å². The lowest BCUT2D eigenvalue weighted by molar-refractivity contribution is -0.127. The van der Waals surface area contributed by atoms with Crippen LogP contribution in [0.1, 0.15) is 16.8 Å². The van der Waals surface area contributed by atoms with Gasteiger partial charge in [0.1, 0.15) is 12.0 Å². The third-order valence-electron chi connectivity index (χ3n) is 4.47. The Morgan fingerprint density at radius 1 is 1.19 bits per heavy atom. The number of fused-ring (bicyclic) bond motifs is 1. The largest absolute Gasteiger partial charge is 0.480 e. The van der Waals surface area contributed by atoms with Crippen molar-refractivity contribution in [1.82, 2.24) is 10.3 Å². The smallest absolute Gasteiger partial charge is 0.261 e. The highest BCUT2D eigenvalue weighted by Gasteiger charge is 2.28. The maximum absolute atomic E-state index is 12.3. The molecule has 0 spiro atoms. The van der Waals surface area contributed by atoms with Gasteiger partial charge in [-0.3, -0.25) is 4.79 Å². The quantitative estimate of drug-likeness (QED) is 0.768. The molecule has 132 valence electrons. The van der Waals surface area contributed by atoms with Crippen LogP contribution in [0.4, 0.5) is 0 Å². The van der Waals surface area contributed by atoms with E-state index >= 15 is 0 Å². The fourth-order valence-corrected chi connectivity index (χ4v) is 3.01. The van der Waals surface area contributed by atoms with Crippen LogP contribution in [0.5, 0.6) is 5.75 Å². The molecule has 0 unspecified atom stereocenters. The van der Waals surface area contributed by atoms with Crippen LogP contribution in [0.15, 0.2) is 59.2 Å². The van der Waals surface area contributed by atoms with Gasteiger partial charge in [0.05, 0.1) is 5.69 Å².